The fraction of sp³-hybridized carbons (Fsp3) is 0.0816. The third-order valence-corrected chi connectivity index (χ3v) is 21.4. The Labute approximate surface area is 640 Å². The lowest BCUT2D eigenvalue weighted by Crippen LogP contribution is -2.61. The van der Waals surface area contributed by atoms with Crippen LogP contribution in [0.2, 0.25) is 0 Å². The van der Waals surface area contributed by atoms with Crippen LogP contribution in [0.3, 0.4) is 0 Å². The number of para-hydroxylation sites is 6. The second kappa shape index (κ2) is 22.8. The number of rotatable bonds is 8. The molecule has 1 N–H and O–H groups in total. The number of anilines is 6. The van der Waals surface area contributed by atoms with Crippen LogP contribution in [0, 0.1) is 0 Å². The Morgan fingerprint density at radius 2 is 0.705 bits per heavy atom. The minimum Gasteiger partial charge on any atom is -0.351 e. The van der Waals surface area contributed by atoms with Crippen molar-refractivity contribution in [1.29, 1.82) is 0 Å². The van der Waals surface area contributed by atoms with Crippen molar-refractivity contribution < 1.29 is 28.8 Å². The summed E-state index contributed by atoms with van der Waals surface area (Å²) in [7, 11) is 0. The summed E-state index contributed by atoms with van der Waals surface area (Å²) in [5.74, 6) is 0. The molecule has 0 amide bonds. The standard InChI is InChI=1S/C98H73BN6/c1-97(2,3)67-44-50-86-78(57-67)79-58-68(98(4,5)6)45-51-87(79)102(86)70-47-49-81-91(60-70)105(89-43-25-37-77-76-36-24-42-88(95(76)100-96(77)89)104-84-40-22-18-34-74(84)75-35-19-23-41-85(75)104)93-56-66(63-30-14-9-15-31-63)55-92-94(93)99(81)80-48-46-69(101-82-38-20-16-32-72(82)73-33-17-21-39-83(73)101)59-90(80)103(92)71-53-64(61-26-10-7-11-27-61)52-65(54-71)62-28-12-8-13-29-62/h7-60,100H,1-6H3/i9D,14D,15D,16D,17D,18D,19D,20D,21D,22D,23D,30D,31D,32D,33D,34D,35D,38D,39D,40D,41D. The maximum absolute atomic E-state index is 10.0. The Balaban J connectivity index is 0.939. The summed E-state index contributed by atoms with van der Waals surface area (Å²) in [5, 5.41) is 2.83. The van der Waals surface area contributed by atoms with Crippen molar-refractivity contribution in [2.45, 2.75) is 52.4 Å². The zero-order chi connectivity index (χ0) is 88.4. The van der Waals surface area contributed by atoms with Gasteiger partial charge >= 0.3 is 0 Å². The van der Waals surface area contributed by atoms with Crippen LogP contribution in [-0.2, 0) is 10.8 Å². The number of aromatic amines is 1. The van der Waals surface area contributed by atoms with Gasteiger partial charge in [0.05, 0.1) is 84.3 Å². The van der Waals surface area contributed by atoms with Crippen molar-refractivity contribution in [2.75, 3.05) is 9.80 Å². The lowest BCUT2D eigenvalue weighted by atomic mass is 9.33. The third kappa shape index (κ3) is 9.30. The van der Waals surface area contributed by atoms with E-state index in [1.807, 2.05) is 121 Å². The van der Waals surface area contributed by atoms with Crippen LogP contribution >= 0.6 is 0 Å². The smallest absolute Gasteiger partial charge is 0.252 e. The number of aromatic nitrogens is 4. The van der Waals surface area contributed by atoms with Gasteiger partial charge in [0.1, 0.15) is 0 Å². The molecule has 19 aromatic rings. The van der Waals surface area contributed by atoms with Crippen molar-refractivity contribution in [2.24, 2.45) is 0 Å². The summed E-state index contributed by atoms with van der Waals surface area (Å²) in [5.41, 5.74) is 13.7. The van der Waals surface area contributed by atoms with Crippen molar-refractivity contribution in [3.63, 3.8) is 0 Å². The van der Waals surface area contributed by atoms with Gasteiger partial charge in [0.15, 0.2) is 0 Å². The predicted molar refractivity (Wildman–Crippen MR) is 447 cm³/mol. The van der Waals surface area contributed by atoms with Gasteiger partial charge in [-0.25, -0.2) is 0 Å². The number of benzene rings is 15. The highest BCUT2D eigenvalue weighted by molar-refractivity contribution is 7.00. The molecule has 0 saturated carbocycles. The highest BCUT2D eigenvalue weighted by Crippen LogP contribution is 2.51. The van der Waals surface area contributed by atoms with E-state index in [1.165, 1.54) is 9.13 Å². The second-order valence-corrected chi connectivity index (χ2v) is 29.4. The van der Waals surface area contributed by atoms with Gasteiger partial charge in [-0.05, 0) is 187 Å². The molecule has 15 aromatic carbocycles. The van der Waals surface area contributed by atoms with Crippen molar-refractivity contribution in [1.82, 2.24) is 18.7 Å². The van der Waals surface area contributed by atoms with Crippen LogP contribution in [0.5, 0.6) is 0 Å². The van der Waals surface area contributed by atoms with E-state index in [4.69, 9.17) is 9.60 Å². The molecular formula is C98H73BN6. The van der Waals surface area contributed by atoms with Crippen LogP contribution in [0.15, 0.2) is 327 Å². The first-order valence-corrected chi connectivity index (χ1v) is 35.1. The molecule has 0 saturated heterocycles. The average Bonchev–Trinajstić information content (AvgIpc) is 1.21. The van der Waals surface area contributed by atoms with E-state index in [2.05, 4.69) is 122 Å². The Morgan fingerprint density at radius 3 is 1.21 bits per heavy atom. The van der Waals surface area contributed by atoms with Gasteiger partial charge in [-0.15, -0.1) is 0 Å². The molecule has 4 aromatic heterocycles. The van der Waals surface area contributed by atoms with E-state index in [0.717, 1.165) is 66.3 Å². The van der Waals surface area contributed by atoms with Crippen LogP contribution < -0.4 is 26.2 Å². The molecule has 0 spiro atoms. The molecule has 6 nitrogen and oxygen atoms in total. The van der Waals surface area contributed by atoms with Crippen LogP contribution in [0.1, 0.15) is 81.5 Å². The first kappa shape index (κ1) is 43.2. The quantitative estimate of drug-likeness (QED) is 0.154. The second-order valence-electron chi connectivity index (χ2n) is 29.4. The number of fused-ring (bicyclic) bond motifs is 16. The molecule has 2 aliphatic rings. The van der Waals surface area contributed by atoms with Gasteiger partial charge in [0.25, 0.3) is 6.71 Å². The average molecular weight is 1370 g/mol. The molecule has 21 rings (SSSR count). The maximum atomic E-state index is 10.0. The summed E-state index contributed by atoms with van der Waals surface area (Å²) in [6.07, 6.45) is 0. The molecule has 2 aliphatic heterocycles. The summed E-state index contributed by atoms with van der Waals surface area (Å²) >= 11 is 0. The van der Waals surface area contributed by atoms with Gasteiger partial charge in [-0.2, -0.15) is 0 Å². The minimum absolute atomic E-state index is 0.0822. The Hall–Kier alpha value is -12.8. The largest absolute Gasteiger partial charge is 0.351 e. The summed E-state index contributed by atoms with van der Waals surface area (Å²) in [6.45, 7) is 12.3. The minimum atomic E-state index is -0.840. The lowest BCUT2D eigenvalue weighted by molar-refractivity contribution is 0.590. The van der Waals surface area contributed by atoms with Gasteiger partial charge in [-0.1, -0.05) is 253 Å². The Kier molecular flexibility index (Phi) is 9.39. The van der Waals surface area contributed by atoms with E-state index in [9.17, 15) is 19.2 Å². The number of nitrogens with zero attached hydrogens (tertiary/aromatic N) is 5. The van der Waals surface area contributed by atoms with E-state index in [-0.39, 0.29) is 76.9 Å². The van der Waals surface area contributed by atoms with Crippen molar-refractivity contribution in [3.8, 4) is 50.4 Å². The first-order valence-electron chi connectivity index (χ1n) is 45.6. The lowest BCUT2D eigenvalue weighted by Gasteiger charge is -2.45. The summed E-state index contributed by atoms with van der Waals surface area (Å²) in [6, 6.07) is 54.5. The SMILES string of the molecule is [2H]c1c([2H])c([2H])c(-c2cc3c4c(c2)N(c2cccc5c2[nH]c2c(-n6c7c([2H])c([2H])c([2H])c([2H])c7c7c([2H])c([2H])c([2H])c([2H])c76)cccc25)c2cc(-n5c6ccc(C(C)(C)C)cc6c6cc(C(C)(C)C)ccc65)ccc2B4c2ccc(-n4c5c([2H])c([2H])c([2H])c([2H])c5c5c([2H])c([2H])c([2H])c([2H])c54)cc2N3c2cc(-c3ccccc3)cc(-c3ccccc3)c2)c([2H])c1[2H]. The van der Waals surface area contributed by atoms with E-state index >= 15 is 0 Å². The molecule has 7 heteroatoms. The molecule has 0 unspecified atom stereocenters. The summed E-state index contributed by atoms with van der Waals surface area (Å²) in [4.78, 5) is 8.04. The van der Waals surface area contributed by atoms with Gasteiger partial charge in [-0.3, -0.25) is 0 Å². The van der Waals surface area contributed by atoms with Crippen molar-refractivity contribution >= 4 is 144 Å². The van der Waals surface area contributed by atoms with E-state index in [1.54, 1.807) is 18.2 Å². The fourth-order valence-electron chi connectivity index (χ4n) is 16.5. The molecule has 0 radical (unpaired) electrons. The number of hydrogen-bond acceptors (Lipinski definition) is 2. The molecule has 6 heterocycles. The Bertz CT molecular complexity index is 7850. The molecule has 0 bridgehead atoms. The zero-order valence-electron chi connectivity index (χ0n) is 78.9. The number of nitrogens with one attached hydrogen (secondary N) is 1. The topological polar surface area (TPSA) is 37.1 Å². The van der Waals surface area contributed by atoms with Crippen LogP contribution in [0.25, 0.3) is 138 Å². The zero-order valence-corrected chi connectivity index (χ0v) is 57.9. The Morgan fingerprint density at radius 1 is 0.276 bits per heavy atom. The van der Waals surface area contributed by atoms with E-state index in [0.29, 0.717) is 66.9 Å². The molecule has 0 atom stereocenters. The monoisotopic (exact) mass is 1370 g/mol. The first-order chi connectivity index (χ1) is 60.1. The highest BCUT2D eigenvalue weighted by atomic mass is 15.2. The number of hydrogen-bond donors (Lipinski definition) is 1. The third-order valence-electron chi connectivity index (χ3n) is 21.4. The highest BCUT2D eigenvalue weighted by Gasteiger charge is 2.45. The molecular weight excluding hydrogens is 1270 g/mol. The predicted octanol–water partition coefficient (Wildman–Crippen LogP) is 24.3. The molecule has 0 aliphatic carbocycles. The normalized spacial score (nSPS) is 15.8. The number of H-pyrrole nitrogens is 1. The molecule has 498 valence electrons. The fourth-order valence-corrected chi connectivity index (χ4v) is 16.5. The van der Waals surface area contributed by atoms with Crippen LogP contribution in [-0.4, -0.2) is 25.4 Å². The van der Waals surface area contributed by atoms with Gasteiger partial charge < -0.3 is 28.5 Å². The van der Waals surface area contributed by atoms with Gasteiger partial charge in [0.2, 0.25) is 0 Å². The van der Waals surface area contributed by atoms with Gasteiger partial charge in [0, 0.05) is 82.9 Å². The molecule has 0 fully saturated rings. The maximum Gasteiger partial charge on any atom is 0.252 e. The van der Waals surface area contributed by atoms with Crippen LogP contribution in [0.4, 0.5) is 34.1 Å². The van der Waals surface area contributed by atoms with Crippen molar-refractivity contribution in [3.05, 3.63) is 338 Å². The molecule has 105 heavy (non-hydrogen) atoms. The summed E-state index contributed by atoms with van der Waals surface area (Å²) < 4.78 is 203. The van der Waals surface area contributed by atoms with E-state index < -0.39 is 134 Å².